The van der Waals surface area contributed by atoms with E-state index in [2.05, 4.69) is 4.98 Å². The van der Waals surface area contributed by atoms with Gasteiger partial charge in [-0.3, -0.25) is 4.79 Å². The molecular formula is C17H20N2O3S. The highest BCUT2D eigenvalue weighted by Gasteiger charge is 2.41. The smallest absolute Gasteiger partial charge is 0.265 e. The molecule has 0 spiro atoms. The Balaban J connectivity index is 1.76. The van der Waals surface area contributed by atoms with Gasteiger partial charge in [-0.15, -0.1) is 11.3 Å². The molecule has 0 unspecified atom stereocenters. The SMILES string of the molecule is Cc1ncsc1C(=O)N1CC[C@@](C)(O)[C@H](Oc2ccccc2)C1. The second kappa shape index (κ2) is 6.29. The molecular weight excluding hydrogens is 312 g/mol. The van der Waals surface area contributed by atoms with Crippen LogP contribution in [0.2, 0.25) is 0 Å². The van der Waals surface area contributed by atoms with E-state index in [1.807, 2.05) is 37.3 Å². The fourth-order valence-corrected chi connectivity index (χ4v) is 3.44. The van der Waals surface area contributed by atoms with Gasteiger partial charge in [0.25, 0.3) is 5.91 Å². The van der Waals surface area contributed by atoms with Crippen molar-refractivity contribution in [3.8, 4) is 5.75 Å². The predicted octanol–water partition coefficient (Wildman–Crippen LogP) is 2.50. The Kier molecular flexibility index (Phi) is 4.37. The first-order chi connectivity index (χ1) is 11.0. The Bertz CT molecular complexity index is 684. The number of benzene rings is 1. The number of aromatic nitrogens is 1. The summed E-state index contributed by atoms with van der Waals surface area (Å²) in [5.74, 6) is 0.656. The predicted molar refractivity (Wildman–Crippen MR) is 88.9 cm³/mol. The fourth-order valence-electron chi connectivity index (χ4n) is 2.67. The van der Waals surface area contributed by atoms with E-state index in [9.17, 15) is 9.90 Å². The number of likely N-dealkylation sites (tertiary alicyclic amines) is 1. The van der Waals surface area contributed by atoms with E-state index >= 15 is 0 Å². The Labute approximate surface area is 139 Å². The maximum absolute atomic E-state index is 12.6. The molecule has 1 saturated heterocycles. The number of nitrogens with zero attached hydrogens (tertiary/aromatic N) is 2. The van der Waals surface area contributed by atoms with Crippen molar-refractivity contribution in [1.29, 1.82) is 0 Å². The summed E-state index contributed by atoms with van der Waals surface area (Å²) in [6.07, 6.45) is 0.0181. The molecule has 1 aliphatic heterocycles. The summed E-state index contributed by atoms with van der Waals surface area (Å²) in [5, 5.41) is 10.6. The number of thiazole rings is 1. The summed E-state index contributed by atoms with van der Waals surface area (Å²) < 4.78 is 5.94. The van der Waals surface area contributed by atoms with Crippen LogP contribution < -0.4 is 4.74 Å². The number of aliphatic hydroxyl groups is 1. The average Bonchev–Trinajstić information content (AvgIpc) is 2.96. The second-order valence-electron chi connectivity index (χ2n) is 6.04. The summed E-state index contributed by atoms with van der Waals surface area (Å²) in [4.78, 5) is 19.2. The zero-order chi connectivity index (χ0) is 16.4. The van der Waals surface area contributed by atoms with Gasteiger partial charge < -0.3 is 14.7 Å². The monoisotopic (exact) mass is 332 g/mol. The lowest BCUT2D eigenvalue weighted by Crippen LogP contribution is -2.57. The van der Waals surface area contributed by atoms with Crippen LogP contribution in [0, 0.1) is 6.92 Å². The lowest BCUT2D eigenvalue weighted by Gasteiger charge is -2.42. The molecule has 122 valence electrons. The molecule has 5 nitrogen and oxygen atoms in total. The normalized spacial score (nSPS) is 24.5. The van der Waals surface area contributed by atoms with E-state index in [1.165, 1.54) is 11.3 Å². The first-order valence-electron chi connectivity index (χ1n) is 7.61. The van der Waals surface area contributed by atoms with Crippen molar-refractivity contribution in [1.82, 2.24) is 9.88 Å². The molecule has 0 radical (unpaired) electrons. The summed E-state index contributed by atoms with van der Waals surface area (Å²) in [6.45, 7) is 4.47. The van der Waals surface area contributed by atoms with Gasteiger partial charge in [0.2, 0.25) is 0 Å². The third-order valence-corrected chi connectivity index (χ3v) is 5.13. The fraction of sp³-hybridized carbons (Fsp3) is 0.412. The van der Waals surface area contributed by atoms with E-state index in [4.69, 9.17) is 4.74 Å². The minimum atomic E-state index is -0.963. The van der Waals surface area contributed by atoms with Crippen molar-refractivity contribution in [2.45, 2.75) is 32.0 Å². The van der Waals surface area contributed by atoms with Gasteiger partial charge >= 0.3 is 0 Å². The Morgan fingerprint density at radius 1 is 1.43 bits per heavy atom. The molecule has 1 aromatic heterocycles. The first-order valence-corrected chi connectivity index (χ1v) is 8.49. The molecule has 2 heterocycles. The van der Waals surface area contributed by atoms with Gasteiger partial charge in [0.05, 0.1) is 17.7 Å². The van der Waals surface area contributed by atoms with Crippen LogP contribution in [0.15, 0.2) is 35.8 Å². The van der Waals surface area contributed by atoms with Crippen LogP contribution in [0.5, 0.6) is 5.75 Å². The van der Waals surface area contributed by atoms with E-state index < -0.39 is 11.7 Å². The molecule has 1 aromatic carbocycles. The zero-order valence-corrected chi connectivity index (χ0v) is 14.0. The highest BCUT2D eigenvalue weighted by Crippen LogP contribution is 2.28. The number of piperidine rings is 1. The van der Waals surface area contributed by atoms with Gasteiger partial charge in [0, 0.05) is 6.54 Å². The van der Waals surface area contributed by atoms with Gasteiger partial charge in [0.1, 0.15) is 22.3 Å². The number of carbonyl (C=O) groups excluding carboxylic acids is 1. The number of rotatable bonds is 3. The van der Waals surface area contributed by atoms with E-state index in [-0.39, 0.29) is 5.91 Å². The van der Waals surface area contributed by atoms with Gasteiger partial charge in [-0.2, -0.15) is 0 Å². The number of hydrogen-bond donors (Lipinski definition) is 1. The van der Waals surface area contributed by atoms with E-state index in [0.717, 1.165) is 5.69 Å². The standard InChI is InChI=1S/C17H20N2O3S/c1-12-15(23-11-18-12)16(20)19-9-8-17(2,21)14(10-19)22-13-6-4-3-5-7-13/h3-7,11,14,21H,8-10H2,1-2H3/t14-,17-/m1/s1. The first kappa shape index (κ1) is 16.0. The number of ether oxygens (including phenoxy) is 1. The minimum absolute atomic E-state index is 0.0397. The molecule has 0 bridgehead atoms. The van der Waals surface area contributed by atoms with Crippen LogP contribution in [0.1, 0.15) is 28.7 Å². The Morgan fingerprint density at radius 2 is 2.17 bits per heavy atom. The molecule has 3 rings (SSSR count). The van der Waals surface area contributed by atoms with Crippen molar-refractivity contribution in [3.05, 3.63) is 46.4 Å². The molecule has 1 aliphatic rings. The largest absolute Gasteiger partial charge is 0.486 e. The van der Waals surface area contributed by atoms with Crippen molar-refractivity contribution < 1.29 is 14.6 Å². The van der Waals surface area contributed by atoms with Crippen molar-refractivity contribution >= 4 is 17.2 Å². The molecule has 6 heteroatoms. The van der Waals surface area contributed by atoms with Crippen molar-refractivity contribution in [3.63, 3.8) is 0 Å². The summed E-state index contributed by atoms with van der Waals surface area (Å²) in [7, 11) is 0. The third kappa shape index (κ3) is 3.38. The zero-order valence-electron chi connectivity index (χ0n) is 13.2. The summed E-state index contributed by atoms with van der Waals surface area (Å²) in [5.41, 5.74) is 1.47. The highest BCUT2D eigenvalue weighted by molar-refractivity contribution is 7.11. The number of aryl methyl sites for hydroxylation is 1. The third-order valence-electron chi connectivity index (χ3n) is 4.22. The van der Waals surface area contributed by atoms with E-state index in [0.29, 0.717) is 30.1 Å². The molecule has 0 saturated carbocycles. The van der Waals surface area contributed by atoms with Crippen LogP contribution in [0.3, 0.4) is 0 Å². The summed E-state index contributed by atoms with van der Waals surface area (Å²) >= 11 is 1.35. The van der Waals surface area contributed by atoms with E-state index in [1.54, 1.807) is 17.3 Å². The molecule has 23 heavy (non-hydrogen) atoms. The second-order valence-corrected chi connectivity index (χ2v) is 6.90. The van der Waals surface area contributed by atoms with Crippen LogP contribution in [-0.2, 0) is 0 Å². The maximum Gasteiger partial charge on any atom is 0.265 e. The Hall–Kier alpha value is -1.92. The Morgan fingerprint density at radius 3 is 2.83 bits per heavy atom. The van der Waals surface area contributed by atoms with Gasteiger partial charge in [-0.05, 0) is 32.4 Å². The minimum Gasteiger partial charge on any atom is -0.486 e. The lowest BCUT2D eigenvalue weighted by molar-refractivity contribution is -0.0880. The summed E-state index contributed by atoms with van der Waals surface area (Å²) in [6, 6.07) is 9.38. The number of para-hydroxylation sites is 1. The van der Waals surface area contributed by atoms with Crippen LogP contribution in [0.25, 0.3) is 0 Å². The van der Waals surface area contributed by atoms with Gasteiger partial charge in [-0.1, -0.05) is 18.2 Å². The van der Waals surface area contributed by atoms with Crippen molar-refractivity contribution in [2.24, 2.45) is 0 Å². The quantitative estimate of drug-likeness (QED) is 0.938. The van der Waals surface area contributed by atoms with Gasteiger partial charge in [0.15, 0.2) is 0 Å². The average molecular weight is 332 g/mol. The van der Waals surface area contributed by atoms with Crippen LogP contribution in [0.4, 0.5) is 0 Å². The number of amides is 1. The molecule has 1 amide bonds. The topological polar surface area (TPSA) is 62.7 Å². The molecule has 2 aromatic rings. The van der Waals surface area contributed by atoms with Crippen molar-refractivity contribution in [2.75, 3.05) is 13.1 Å². The van der Waals surface area contributed by atoms with Gasteiger partial charge in [-0.25, -0.2) is 4.98 Å². The highest BCUT2D eigenvalue weighted by atomic mass is 32.1. The maximum atomic E-state index is 12.6. The molecule has 0 aliphatic carbocycles. The number of carbonyl (C=O) groups is 1. The number of hydrogen-bond acceptors (Lipinski definition) is 5. The molecule has 2 atom stereocenters. The molecule has 1 N–H and O–H groups in total. The lowest BCUT2D eigenvalue weighted by atomic mass is 9.90. The molecule has 1 fully saturated rings. The van der Waals surface area contributed by atoms with Crippen LogP contribution in [-0.4, -0.2) is 45.7 Å². The van der Waals surface area contributed by atoms with Crippen LogP contribution >= 0.6 is 11.3 Å².